The van der Waals surface area contributed by atoms with Crippen LogP contribution in [0.1, 0.15) is 0 Å². The van der Waals surface area contributed by atoms with Crippen LogP contribution in [0, 0.1) is 6.58 Å². The third-order valence-corrected chi connectivity index (χ3v) is 0. The molecule has 0 atom stereocenters. The Morgan fingerprint density at radius 1 is 1.67 bits per heavy atom. The van der Waals surface area contributed by atoms with E-state index in [4.69, 9.17) is 4.79 Å². The first-order valence-electron chi connectivity index (χ1n) is 0.801. The molecule has 0 rings (SSSR count). The van der Waals surface area contributed by atoms with E-state index in [1.54, 1.807) is 0 Å². The standard InChI is InChI=1S/C2H3.CClO.W/c1-2;2-1-3;/h1H,2H2;;/q2*-1;+2. The van der Waals surface area contributed by atoms with Gasteiger partial charge in [0, 0.05) is 0 Å². The summed E-state index contributed by atoms with van der Waals surface area (Å²) < 4.78 is 0. The van der Waals surface area contributed by atoms with Crippen LogP contribution in [0.3, 0.4) is 0 Å². The fourth-order valence-electron chi connectivity index (χ4n) is 0. The van der Waals surface area contributed by atoms with Gasteiger partial charge in [0.2, 0.25) is 0 Å². The van der Waals surface area contributed by atoms with Gasteiger partial charge in [-0.25, -0.2) is 0 Å². The summed E-state index contributed by atoms with van der Waals surface area (Å²) in [5.41, 5.74) is 0. The van der Waals surface area contributed by atoms with E-state index in [0.29, 0.717) is 0 Å². The summed E-state index contributed by atoms with van der Waals surface area (Å²) in [6.45, 7) is 7.00. The van der Waals surface area contributed by atoms with Crippen LogP contribution in [0.25, 0.3) is 0 Å². The Kier molecular flexibility index (Phi) is 145. The van der Waals surface area contributed by atoms with Gasteiger partial charge in [-0.15, -0.1) is 0 Å². The molecule has 0 heterocycles. The normalized spacial score (nSPS) is 2.83. The number of halogens is 1. The van der Waals surface area contributed by atoms with Crippen molar-refractivity contribution in [1.29, 1.82) is 0 Å². The third-order valence-electron chi connectivity index (χ3n) is 0. The van der Waals surface area contributed by atoms with Crippen molar-refractivity contribution < 1.29 is 25.9 Å². The number of hydrogen-bond acceptors (Lipinski definition) is 1. The quantitative estimate of drug-likeness (QED) is 0.474. The van der Waals surface area contributed by atoms with Crippen LogP contribution < -0.4 is 0 Å². The number of rotatable bonds is 0. The molecule has 0 spiro atoms. The molecule has 0 aromatic rings. The molecule has 1 nitrogen and oxygen atoms in total. The molecular formula is C3H3ClOW. The zero-order valence-electron chi connectivity index (χ0n) is 2.98. The smallest absolute Gasteiger partial charge is 0.525 e. The monoisotopic (exact) mass is 274 g/mol. The summed E-state index contributed by atoms with van der Waals surface area (Å²) in [6.07, 6.45) is 0. The average Bonchev–Trinajstić information content (AvgIpc) is 1.46. The van der Waals surface area contributed by atoms with Crippen molar-refractivity contribution in [2.24, 2.45) is 0 Å². The van der Waals surface area contributed by atoms with Gasteiger partial charge < -0.3 is 23.0 Å². The van der Waals surface area contributed by atoms with Crippen LogP contribution in [-0.2, 0) is 25.9 Å². The number of carbonyl (C=O) groups excluding carboxylic acids is 1. The molecule has 0 fully saturated rings. The van der Waals surface area contributed by atoms with Crippen molar-refractivity contribution in [2.45, 2.75) is 0 Å². The molecule has 3 heteroatoms. The minimum atomic E-state index is 0. The summed E-state index contributed by atoms with van der Waals surface area (Å²) >= 11 is 4.19. The fourth-order valence-corrected chi connectivity index (χ4v) is 0. The second kappa shape index (κ2) is 53.8. The molecule has 0 saturated heterocycles. The zero-order valence-corrected chi connectivity index (χ0v) is 6.67. The molecule has 0 N–H and O–H groups in total. The largest absolute Gasteiger partial charge is 2.00 e. The topological polar surface area (TPSA) is 17.1 Å². The summed E-state index contributed by atoms with van der Waals surface area (Å²) in [5.74, 6) is 0.972. The summed E-state index contributed by atoms with van der Waals surface area (Å²) in [4.78, 5) is 8.45. The van der Waals surface area contributed by atoms with Gasteiger partial charge in [0.1, 0.15) is 0 Å². The molecule has 0 aliphatic heterocycles. The second-order valence-corrected chi connectivity index (χ2v) is 0.231. The first kappa shape index (κ1) is 16.2. The van der Waals surface area contributed by atoms with E-state index in [1.807, 2.05) is 0 Å². The molecule has 0 saturated carbocycles. The van der Waals surface area contributed by atoms with Crippen molar-refractivity contribution in [2.75, 3.05) is 0 Å². The van der Waals surface area contributed by atoms with Crippen molar-refractivity contribution in [3.8, 4) is 0 Å². The Morgan fingerprint density at radius 2 is 1.67 bits per heavy atom. The van der Waals surface area contributed by atoms with Gasteiger partial charge in [0.25, 0.3) is 0 Å². The predicted octanol–water partition coefficient (Wildman–Crippen LogP) is 0.895. The van der Waals surface area contributed by atoms with E-state index >= 15 is 0 Å². The number of hydrogen-bond donors (Lipinski definition) is 0. The van der Waals surface area contributed by atoms with Crippen LogP contribution in [-0.4, -0.2) is 5.75 Å². The molecule has 0 aliphatic carbocycles. The Labute approximate surface area is 56.6 Å². The SMILES string of the molecule is O=[C-]Cl.[CH-]=C.[W+2]. The predicted molar refractivity (Wildman–Crippen MR) is 21.5 cm³/mol. The molecule has 0 aromatic heterocycles. The van der Waals surface area contributed by atoms with E-state index in [9.17, 15) is 0 Å². The minimum Gasteiger partial charge on any atom is -0.525 e. The molecular weight excluding hydrogens is 271 g/mol. The maximum Gasteiger partial charge on any atom is 2.00 e. The molecule has 0 amide bonds. The van der Waals surface area contributed by atoms with Gasteiger partial charge in [-0.3, -0.25) is 6.58 Å². The van der Waals surface area contributed by atoms with Gasteiger partial charge in [-0.2, -0.15) is 5.75 Å². The third kappa shape index (κ3) is 334. The van der Waals surface area contributed by atoms with Gasteiger partial charge in [-0.05, 0) is 0 Å². The maximum atomic E-state index is 8.45. The van der Waals surface area contributed by atoms with Crippen molar-refractivity contribution in [3.05, 3.63) is 13.2 Å². The van der Waals surface area contributed by atoms with Crippen LogP contribution in [0.4, 0.5) is 0 Å². The molecule has 0 bridgehead atoms. The average molecular weight is 274 g/mol. The van der Waals surface area contributed by atoms with E-state index in [1.165, 1.54) is 0 Å². The van der Waals surface area contributed by atoms with E-state index in [0.717, 1.165) is 5.75 Å². The second-order valence-electron chi connectivity index (χ2n) is 0.0772. The zero-order chi connectivity index (χ0) is 4.71. The Bertz CT molecular complexity index is 24.8. The van der Waals surface area contributed by atoms with Gasteiger partial charge in [-0.1, -0.05) is 0 Å². The maximum absolute atomic E-state index is 8.45. The Hall–Kier alpha value is 0.388. The first-order chi connectivity index (χ1) is 2.41. The molecule has 0 aromatic carbocycles. The molecule has 0 aliphatic rings. The fraction of sp³-hybridized carbons (Fsp3) is 0. The van der Waals surface area contributed by atoms with Crippen LogP contribution in [0.5, 0.6) is 0 Å². The molecule has 0 unspecified atom stereocenters. The van der Waals surface area contributed by atoms with E-state index in [2.05, 4.69) is 24.8 Å². The van der Waals surface area contributed by atoms with Gasteiger partial charge in [0.15, 0.2) is 0 Å². The van der Waals surface area contributed by atoms with Gasteiger partial charge in [0.05, 0.1) is 0 Å². The Morgan fingerprint density at radius 3 is 1.67 bits per heavy atom. The van der Waals surface area contributed by atoms with Crippen molar-refractivity contribution in [3.63, 3.8) is 0 Å². The first-order valence-corrected chi connectivity index (χ1v) is 1.18. The Balaban J connectivity index is -0.0000000275. The van der Waals surface area contributed by atoms with Crippen molar-refractivity contribution >= 4 is 17.3 Å². The summed E-state index contributed by atoms with van der Waals surface area (Å²) in [5, 5.41) is 0. The van der Waals surface area contributed by atoms with E-state index < -0.39 is 0 Å². The van der Waals surface area contributed by atoms with Gasteiger partial charge >= 0.3 is 21.1 Å². The molecule has 6 heavy (non-hydrogen) atoms. The molecule has 34 valence electrons. The van der Waals surface area contributed by atoms with Crippen LogP contribution in [0.15, 0.2) is 6.58 Å². The molecule has 0 radical (unpaired) electrons. The van der Waals surface area contributed by atoms with Crippen molar-refractivity contribution in [1.82, 2.24) is 0 Å². The van der Waals surface area contributed by atoms with E-state index in [-0.39, 0.29) is 21.1 Å². The minimum absolute atomic E-state index is 0. The summed E-state index contributed by atoms with van der Waals surface area (Å²) in [7, 11) is 0. The summed E-state index contributed by atoms with van der Waals surface area (Å²) in [6, 6.07) is 0. The van der Waals surface area contributed by atoms with Crippen LogP contribution >= 0.6 is 11.6 Å². The van der Waals surface area contributed by atoms with Crippen LogP contribution in [0.2, 0.25) is 0 Å².